The number of ether oxygens (including phenoxy) is 2. The average Bonchev–Trinajstić information content (AvgIpc) is 3.70. The Balaban J connectivity index is 1.57. The lowest BCUT2D eigenvalue weighted by Gasteiger charge is -2.16. The van der Waals surface area contributed by atoms with Gasteiger partial charge in [0.15, 0.2) is 5.69 Å². The number of nitrogens with zero attached hydrogens (tertiary/aromatic N) is 2. The number of aromatic nitrogens is 2. The summed E-state index contributed by atoms with van der Waals surface area (Å²) in [5.74, 6) is -1.41. The van der Waals surface area contributed by atoms with Gasteiger partial charge in [0.1, 0.15) is 16.4 Å². The van der Waals surface area contributed by atoms with Crippen molar-refractivity contribution in [1.82, 2.24) is 14.5 Å². The third-order valence-electron chi connectivity index (χ3n) is 6.50. The summed E-state index contributed by atoms with van der Waals surface area (Å²) in [6, 6.07) is 17.8. The van der Waals surface area contributed by atoms with E-state index in [9.17, 15) is 23.1 Å². The number of carbonyl (C=O) groups is 2. The molecule has 3 N–H and O–H groups in total. The Labute approximate surface area is 236 Å². The Bertz CT molecular complexity index is 1740. The molecule has 1 aliphatic carbocycles. The van der Waals surface area contributed by atoms with Crippen molar-refractivity contribution in [2.75, 3.05) is 12.4 Å². The molecule has 4 aromatic rings. The fraction of sp³-hybridized carbons (Fsp3) is 0.207. The van der Waals surface area contributed by atoms with Crippen LogP contribution < -0.4 is 19.5 Å². The first kappa shape index (κ1) is 27.9. The van der Waals surface area contributed by atoms with Crippen molar-refractivity contribution in [3.63, 3.8) is 0 Å². The summed E-state index contributed by atoms with van der Waals surface area (Å²) in [6.07, 6.45) is 1.42. The van der Waals surface area contributed by atoms with E-state index in [1.807, 2.05) is 19.1 Å². The second-order valence-corrected chi connectivity index (χ2v) is 11.3. The predicted molar refractivity (Wildman–Crippen MR) is 151 cm³/mol. The molecular formula is C29H28N4O7S. The predicted octanol–water partition coefficient (Wildman–Crippen LogP) is 4.68. The summed E-state index contributed by atoms with van der Waals surface area (Å²) in [7, 11) is -2.64. The van der Waals surface area contributed by atoms with Crippen LogP contribution in [0, 0.1) is 13.8 Å². The van der Waals surface area contributed by atoms with Crippen molar-refractivity contribution in [3.05, 3.63) is 89.1 Å². The van der Waals surface area contributed by atoms with Crippen LogP contribution in [0.3, 0.4) is 0 Å². The molecule has 11 nitrogen and oxygen atoms in total. The maximum Gasteiger partial charge on any atom is 0.356 e. The number of aryl methyl sites for hydroxylation is 1. The highest BCUT2D eigenvalue weighted by atomic mass is 32.2. The fourth-order valence-corrected chi connectivity index (χ4v) is 5.62. The number of para-hydroxylation sites is 1. The van der Waals surface area contributed by atoms with Gasteiger partial charge in [-0.3, -0.25) is 4.79 Å². The molecule has 1 aromatic heterocycles. The van der Waals surface area contributed by atoms with E-state index >= 15 is 0 Å². The van der Waals surface area contributed by atoms with Gasteiger partial charge in [0.05, 0.1) is 18.4 Å². The highest BCUT2D eigenvalue weighted by molar-refractivity contribution is 7.89. The molecule has 1 heterocycles. The molecular weight excluding hydrogens is 548 g/mol. The van der Waals surface area contributed by atoms with Gasteiger partial charge in [0.25, 0.3) is 5.91 Å². The minimum Gasteiger partial charge on any atom is -0.496 e. The van der Waals surface area contributed by atoms with Crippen molar-refractivity contribution in [3.8, 4) is 23.1 Å². The molecule has 0 aliphatic heterocycles. The van der Waals surface area contributed by atoms with Gasteiger partial charge in [-0.2, -0.15) is 9.78 Å². The van der Waals surface area contributed by atoms with Gasteiger partial charge in [0.2, 0.25) is 15.9 Å². The molecule has 0 bridgehead atoms. The lowest BCUT2D eigenvalue weighted by molar-refractivity contribution is 0.0689. The van der Waals surface area contributed by atoms with Crippen molar-refractivity contribution < 1.29 is 32.6 Å². The van der Waals surface area contributed by atoms with Crippen LogP contribution in [-0.4, -0.2) is 48.3 Å². The van der Waals surface area contributed by atoms with E-state index in [0.29, 0.717) is 24.3 Å². The minimum atomic E-state index is -4.09. The third-order valence-corrected chi connectivity index (χ3v) is 8.04. The summed E-state index contributed by atoms with van der Waals surface area (Å²) >= 11 is 0. The molecule has 41 heavy (non-hydrogen) atoms. The lowest BCUT2D eigenvalue weighted by atomic mass is 10.2. The maximum atomic E-state index is 13.5. The largest absolute Gasteiger partial charge is 0.496 e. The number of hydrogen-bond acceptors (Lipinski definition) is 7. The number of carbonyl (C=O) groups excluding carboxylic acids is 1. The summed E-state index contributed by atoms with van der Waals surface area (Å²) in [6.45, 7) is 3.45. The Kier molecular flexibility index (Phi) is 7.52. The first-order valence-electron chi connectivity index (χ1n) is 12.8. The van der Waals surface area contributed by atoms with Crippen LogP contribution in [0.15, 0.2) is 71.6 Å². The van der Waals surface area contributed by atoms with Gasteiger partial charge in [-0.05, 0) is 69.2 Å². The number of aromatic carboxylic acids is 1. The van der Waals surface area contributed by atoms with Crippen LogP contribution in [0.4, 0.5) is 5.69 Å². The monoisotopic (exact) mass is 576 g/mol. The molecule has 1 amide bonds. The number of sulfonamides is 1. The van der Waals surface area contributed by atoms with Gasteiger partial charge >= 0.3 is 5.97 Å². The SMILES string of the molecule is COc1ccccc1C(=O)Nc1ccc(Oc2c(C)c(C(=O)O)nn2-c2ccc(C)cc2)c(S(=O)(=O)NC2CC2)c1. The van der Waals surface area contributed by atoms with Gasteiger partial charge < -0.3 is 19.9 Å². The molecule has 212 valence electrons. The number of rotatable bonds is 10. The Morgan fingerprint density at radius 2 is 1.71 bits per heavy atom. The van der Waals surface area contributed by atoms with E-state index in [2.05, 4.69) is 15.1 Å². The molecule has 0 unspecified atom stereocenters. The summed E-state index contributed by atoms with van der Waals surface area (Å²) in [4.78, 5) is 24.7. The first-order chi connectivity index (χ1) is 19.6. The van der Waals surface area contributed by atoms with Crippen LogP contribution in [0.1, 0.15) is 44.8 Å². The Hall–Kier alpha value is -4.68. The number of amides is 1. The topological polar surface area (TPSA) is 149 Å². The highest BCUT2D eigenvalue weighted by Crippen LogP contribution is 2.36. The van der Waals surface area contributed by atoms with Crippen LogP contribution in [-0.2, 0) is 10.0 Å². The molecule has 0 spiro atoms. The zero-order valence-corrected chi connectivity index (χ0v) is 23.4. The maximum absolute atomic E-state index is 13.5. The van der Waals surface area contributed by atoms with Crippen LogP contribution >= 0.6 is 0 Å². The second-order valence-electron chi connectivity index (χ2n) is 9.64. The smallest absolute Gasteiger partial charge is 0.356 e. The molecule has 12 heteroatoms. The van der Waals surface area contributed by atoms with Gasteiger partial charge in [-0.25, -0.2) is 17.9 Å². The second kappa shape index (κ2) is 11.1. The molecule has 5 rings (SSSR count). The average molecular weight is 577 g/mol. The van der Waals surface area contributed by atoms with Crippen LogP contribution in [0.2, 0.25) is 0 Å². The minimum absolute atomic E-state index is 0.0416. The molecule has 1 saturated carbocycles. The van der Waals surface area contributed by atoms with Gasteiger partial charge in [-0.15, -0.1) is 0 Å². The summed E-state index contributed by atoms with van der Waals surface area (Å²) < 4.78 is 42.3. The number of nitrogens with one attached hydrogen (secondary N) is 2. The van der Waals surface area contributed by atoms with E-state index in [-0.39, 0.29) is 45.1 Å². The van der Waals surface area contributed by atoms with Crippen molar-refractivity contribution in [2.45, 2.75) is 37.6 Å². The Morgan fingerprint density at radius 3 is 2.37 bits per heavy atom. The molecule has 0 radical (unpaired) electrons. The van der Waals surface area contributed by atoms with Gasteiger partial charge in [-0.1, -0.05) is 29.8 Å². The molecule has 3 aromatic carbocycles. The normalized spacial score (nSPS) is 13.0. The zero-order chi connectivity index (χ0) is 29.3. The van der Waals surface area contributed by atoms with E-state index in [1.165, 1.54) is 36.9 Å². The zero-order valence-electron chi connectivity index (χ0n) is 22.5. The summed E-state index contributed by atoms with van der Waals surface area (Å²) in [5, 5.41) is 16.7. The molecule has 1 fully saturated rings. The quantitative estimate of drug-likeness (QED) is 0.246. The fourth-order valence-electron chi connectivity index (χ4n) is 4.16. The van der Waals surface area contributed by atoms with Gasteiger partial charge in [0, 0.05) is 17.3 Å². The first-order valence-corrected chi connectivity index (χ1v) is 14.2. The number of anilines is 1. The molecule has 0 atom stereocenters. The van der Waals surface area contributed by atoms with E-state index in [1.54, 1.807) is 36.4 Å². The number of carboxylic acid groups (broad SMARTS) is 1. The standard InChI is InChI=1S/C29H28N4O7S/c1-17-8-13-21(14-9-17)33-28(18(2)26(31-33)29(35)36)40-24-15-12-20(16-25(24)41(37,38)32-19-10-11-19)30-27(34)22-6-4-5-7-23(22)39-3/h4-9,12-16,19,32H,10-11H2,1-3H3,(H,30,34)(H,35,36). The number of benzene rings is 3. The van der Waals surface area contributed by atoms with Crippen molar-refractivity contribution in [1.29, 1.82) is 0 Å². The summed E-state index contributed by atoms with van der Waals surface area (Å²) in [5.41, 5.74) is 1.98. The van der Waals surface area contributed by atoms with E-state index in [4.69, 9.17) is 9.47 Å². The van der Waals surface area contributed by atoms with Crippen LogP contribution in [0.5, 0.6) is 17.4 Å². The van der Waals surface area contributed by atoms with Crippen molar-refractivity contribution >= 4 is 27.6 Å². The van der Waals surface area contributed by atoms with Crippen molar-refractivity contribution in [2.24, 2.45) is 0 Å². The van der Waals surface area contributed by atoms with E-state index in [0.717, 1.165) is 5.56 Å². The number of carboxylic acids is 1. The third kappa shape index (κ3) is 5.93. The Morgan fingerprint density at radius 1 is 1.00 bits per heavy atom. The lowest BCUT2D eigenvalue weighted by Crippen LogP contribution is -2.26. The number of hydrogen-bond donors (Lipinski definition) is 3. The molecule has 1 aliphatic rings. The highest BCUT2D eigenvalue weighted by Gasteiger charge is 2.31. The van der Waals surface area contributed by atoms with Crippen LogP contribution in [0.25, 0.3) is 5.69 Å². The number of methoxy groups -OCH3 is 1. The van der Waals surface area contributed by atoms with E-state index < -0.39 is 21.9 Å². The molecule has 0 saturated heterocycles.